The van der Waals surface area contributed by atoms with E-state index < -0.39 is 0 Å². The Kier molecular flexibility index (Phi) is 6.65. The second kappa shape index (κ2) is 8.08. The summed E-state index contributed by atoms with van der Waals surface area (Å²) >= 11 is 3.26. The number of benzene rings is 1. The first-order chi connectivity index (χ1) is 8.29. The molecule has 0 saturated carbocycles. The van der Waals surface area contributed by atoms with Crippen molar-refractivity contribution in [1.29, 1.82) is 0 Å². The molecule has 0 bridgehead atoms. The molecule has 0 unspecified atom stereocenters. The summed E-state index contributed by atoms with van der Waals surface area (Å²) in [6.45, 7) is 1.64. The van der Waals surface area contributed by atoms with Crippen LogP contribution >= 0.6 is 15.9 Å². The van der Waals surface area contributed by atoms with E-state index >= 15 is 0 Å². The summed E-state index contributed by atoms with van der Waals surface area (Å²) in [5, 5.41) is 3.57. The Morgan fingerprint density at radius 1 is 1.35 bits per heavy atom. The predicted molar refractivity (Wildman–Crippen MR) is 69.9 cm³/mol. The molecule has 5 heteroatoms. The van der Waals surface area contributed by atoms with Gasteiger partial charge in [-0.25, -0.2) is 0 Å². The van der Waals surface area contributed by atoms with Gasteiger partial charge in [0, 0.05) is 11.9 Å². The number of hydrogen-bond acceptors (Lipinski definition) is 3. The van der Waals surface area contributed by atoms with Crippen molar-refractivity contribution in [2.45, 2.75) is 0 Å². The van der Waals surface area contributed by atoms with Gasteiger partial charge in [0.1, 0.15) is 5.75 Å². The molecule has 1 aromatic carbocycles. The Hall–Kier alpha value is -1.07. The minimum absolute atomic E-state index is 0.148. The van der Waals surface area contributed by atoms with E-state index in [1.807, 2.05) is 6.07 Å². The lowest BCUT2D eigenvalue weighted by molar-refractivity contribution is 0.0921. The molecule has 0 atom stereocenters. The number of para-hydroxylation sites is 1. The number of nitrogens with one attached hydrogen (secondary N) is 1. The van der Waals surface area contributed by atoms with Gasteiger partial charge >= 0.3 is 0 Å². The summed E-state index contributed by atoms with van der Waals surface area (Å²) in [5.74, 6) is 0.427. The Balaban J connectivity index is 2.41. The topological polar surface area (TPSA) is 47.6 Å². The van der Waals surface area contributed by atoms with Gasteiger partial charge in [-0.15, -0.1) is 0 Å². The normalized spacial score (nSPS) is 10.0. The highest BCUT2D eigenvalue weighted by molar-refractivity contribution is 9.09. The summed E-state index contributed by atoms with van der Waals surface area (Å²) in [6, 6.07) is 7.12. The zero-order valence-corrected chi connectivity index (χ0v) is 11.3. The van der Waals surface area contributed by atoms with Crippen LogP contribution in [0.5, 0.6) is 5.75 Å². The van der Waals surface area contributed by atoms with Gasteiger partial charge in [-0.1, -0.05) is 28.1 Å². The minimum Gasteiger partial charge on any atom is -0.496 e. The van der Waals surface area contributed by atoms with Gasteiger partial charge in [0.05, 0.1) is 25.9 Å². The molecular weight excluding hydrogens is 286 g/mol. The standard InChI is InChI=1S/C12H16BrNO3/c1-16-11-5-3-2-4-10(11)12(15)14-7-9-17-8-6-13/h2-5H,6-9H2,1H3,(H,14,15). The fourth-order valence-electron chi connectivity index (χ4n) is 1.32. The molecule has 94 valence electrons. The van der Waals surface area contributed by atoms with Crippen molar-refractivity contribution >= 4 is 21.8 Å². The van der Waals surface area contributed by atoms with Gasteiger partial charge in [0.15, 0.2) is 0 Å². The molecule has 0 heterocycles. The third kappa shape index (κ3) is 4.75. The lowest BCUT2D eigenvalue weighted by Crippen LogP contribution is -2.27. The molecule has 17 heavy (non-hydrogen) atoms. The Morgan fingerprint density at radius 2 is 2.12 bits per heavy atom. The Bertz CT molecular complexity index is 357. The molecule has 1 rings (SSSR count). The summed E-state index contributed by atoms with van der Waals surface area (Å²) in [7, 11) is 1.55. The van der Waals surface area contributed by atoms with Crippen molar-refractivity contribution in [3.63, 3.8) is 0 Å². The fraction of sp³-hybridized carbons (Fsp3) is 0.417. The molecule has 0 aliphatic carbocycles. The molecule has 0 saturated heterocycles. The van der Waals surface area contributed by atoms with Crippen LogP contribution < -0.4 is 10.1 Å². The van der Waals surface area contributed by atoms with Crippen molar-refractivity contribution < 1.29 is 14.3 Å². The first kappa shape index (κ1) is 14.0. The van der Waals surface area contributed by atoms with E-state index in [2.05, 4.69) is 21.2 Å². The molecule has 1 N–H and O–H groups in total. The van der Waals surface area contributed by atoms with Gasteiger partial charge in [-0.05, 0) is 12.1 Å². The molecule has 0 aliphatic rings. The number of hydrogen-bond donors (Lipinski definition) is 1. The number of methoxy groups -OCH3 is 1. The van der Waals surface area contributed by atoms with Crippen molar-refractivity contribution in [2.24, 2.45) is 0 Å². The minimum atomic E-state index is -0.148. The van der Waals surface area contributed by atoms with Crippen molar-refractivity contribution in [3.05, 3.63) is 29.8 Å². The highest BCUT2D eigenvalue weighted by atomic mass is 79.9. The Labute approximate surface area is 109 Å². The molecule has 0 radical (unpaired) electrons. The number of halogens is 1. The van der Waals surface area contributed by atoms with Gasteiger partial charge in [-0.2, -0.15) is 0 Å². The molecule has 0 aliphatic heterocycles. The maximum atomic E-state index is 11.8. The van der Waals surface area contributed by atoms with Gasteiger partial charge < -0.3 is 14.8 Å². The van der Waals surface area contributed by atoms with Gasteiger partial charge in [0.25, 0.3) is 5.91 Å². The lowest BCUT2D eigenvalue weighted by Gasteiger charge is -2.09. The zero-order valence-electron chi connectivity index (χ0n) is 9.74. The number of carbonyl (C=O) groups excluding carboxylic acids is 1. The lowest BCUT2D eigenvalue weighted by atomic mass is 10.2. The van der Waals surface area contributed by atoms with Gasteiger partial charge in [-0.3, -0.25) is 4.79 Å². The summed E-state index contributed by atoms with van der Waals surface area (Å²) in [6.07, 6.45) is 0. The number of alkyl halides is 1. The smallest absolute Gasteiger partial charge is 0.255 e. The van der Waals surface area contributed by atoms with E-state index in [0.717, 1.165) is 5.33 Å². The number of amides is 1. The van der Waals surface area contributed by atoms with E-state index in [4.69, 9.17) is 9.47 Å². The SMILES string of the molecule is COc1ccccc1C(=O)NCCOCCBr. The summed E-state index contributed by atoms with van der Waals surface area (Å²) in [5.41, 5.74) is 0.537. The third-order valence-corrected chi connectivity index (χ3v) is 2.43. The monoisotopic (exact) mass is 301 g/mol. The zero-order chi connectivity index (χ0) is 12.5. The maximum Gasteiger partial charge on any atom is 0.255 e. The van der Waals surface area contributed by atoms with Crippen LogP contribution in [-0.2, 0) is 4.74 Å². The highest BCUT2D eigenvalue weighted by Gasteiger charge is 2.09. The van der Waals surface area contributed by atoms with Crippen LogP contribution in [0.1, 0.15) is 10.4 Å². The molecule has 0 aromatic heterocycles. The van der Waals surface area contributed by atoms with E-state index in [1.165, 1.54) is 0 Å². The highest BCUT2D eigenvalue weighted by Crippen LogP contribution is 2.16. The van der Waals surface area contributed by atoms with Crippen LogP contribution in [0.25, 0.3) is 0 Å². The quantitative estimate of drug-likeness (QED) is 0.617. The number of rotatable bonds is 7. The van der Waals surface area contributed by atoms with Crippen LogP contribution in [-0.4, -0.2) is 38.1 Å². The van der Waals surface area contributed by atoms with E-state index in [1.54, 1.807) is 25.3 Å². The summed E-state index contributed by atoms with van der Waals surface area (Å²) < 4.78 is 10.3. The van der Waals surface area contributed by atoms with Crippen molar-refractivity contribution in [3.8, 4) is 5.75 Å². The van der Waals surface area contributed by atoms with E-state index in [9.17, 15) is 4.79 Å². The molecular formula is C12H16BrNO3. The molecule has 1 amide bonds. The van der Waals surface area contributed by atoms with Gasteiger partial charge in [0.2, 0.25) is 0 Å². The van der Waals surface area contributed by atoms with Crippen LogP contribution in [0, 0.1) is 0 Å². The molecule has 0 fully saturated rings. The molecule has 0 spiro atoms. The van der Waals surface area contributed by atoms with Crippen molar-refractivity contribution in [2.75, 3.05) is 32.2 Å². The largest absolute Gasteiger partial charge is 0.496 e. The fourth-order valence-corrected chi connectivity index (χ4v) is 1.55. The second-order valence-corrected chi connectivity index (χ2v) is 4.05. The predicted octanol–water partition coefficient (Wildman–Crippen LogP) is 1.84. The molecule has 1 aromatic rings. The second-order valence-electron chi connectivity index (χ2n) is 3.26. The maximum absolute atomic E-state index is 11.8. The number of carbonyl (C=O) groups is 1. The van der Waals surface area contributed by atoms with Crippen LogP contribution in [0.2, 0.25) is 0 Å². The van der Waals surface area contributed by atoms with E-state index in [-0.39, 0.29) is 5.91 Å². The summed E-state index contributed by atoms with van der Waals surface area (Å²) in [4.78, 5) is 11.8. The van der Waals surface area contributed by atoms with Crippen molar-refractivity contribution in [1.82, 2.24) is 5.32 Å². The average molecular weight is 302 g/mol. The van der Waals surface area contributed by atoms with E-state index in [0.29, 0.717) is 31.1 Å². The van der Waals surface area contributed by atoms with Crippen LogP contribution in [0.15, 0.2) is 24.3 Å². The third-order valence-electron chi connectivity index (χ3n) is 2.11. The molecule has 4 nitrogen and oxygen atoms in total. The first-order valence-corrected chi connectivity index (χ1v) is 6.46. The average Bonchev–Trinajstić information content (AvgIpc) is 2.38. The number of ether oxygens (including phenoxy) is 2. The first-order valence-electron chi connectivity index (χ1n) is 5.34. The Morgan fingerprint density at radius 3 is 2.82 bits per heavy atom. The van der Waals surface area contributed by atoms with Crippen LogP contribution in [0.4, 0.5) is 0 Å². The van der Waals surface area contributed by atoms with Crippen LogP contribution in [0.3, 0.4) is 0 Å².